The van der Waals surface area contributed by atoms with Crippen LogP contribution in [0, 0.1) is 5.82 Å². The van der Waals surface area contributed by atoms with Gasteiger partial charge in [-0.15, -0.1) is 0 Å². The van der Waals surface area contributed by atoms with Crippen molar-refractivity contribution in [2.75, 3.05) is 0 Å². The van der Waals surface area contributed by atoms with Gasteiger partial charge in [0, 0.05) is 17.9 Å². The number of ether oxygens (including phenoxy) is 1. The van der Waals surface area contributed by atoms with E-state index in [1.165, 1.54) is 17.7 Å². The summed E-state index contributed by atoms with van der Waals surface area (Å²) >= 11 is 0. The molecular weight excluding hydrogens is 417 g/mol. The fourth-order valence-electron chi connectivity index (χ4n) is 4.43. The highest BCUT2D eigenvalue weighted by molar-refractivity contribution is 5.96. The van der Waals surface area contributed by atoms with Crippen LogP contribution < -0.4 is 5.32 Å². The monoisotopic (exact) mass is 445 g/mol. The van der Waals surface area contributed by atoms with E-state index in [4.69, 9.17) is 4.74 Å². The predicted molar refractivity (Wildman–Crippen MR) is 125 cm³/mol. The van der Waals surface area contributed by atoms with Crippen molar-refractivity contribution >= 4 is 11.9 Å². The summed E-state index contributed by atoms with van der Waals surface area (Å²) in [5.41, 5.74) is 2.38. The molecule has 1 aliphatic carbocycles. The molecule has 5 heteroatoms. The molecule has 0 heterocycles. The Balaban J connectivity index is 1.52. The minimum Gasteiger partial charge on any atom is -0.460 e. The van der Waals surface area contributed by atoms with Gasteiger partial charge in [0.15, 0.2) is 0 Å². The van der Waals surface area contributed by atoms with Gasteiger partial charge in [-0.05, 0) is 54.7 Å². The van der Waals surface area contributed by atoms with Crippen LogP contribution in [0.25, 0.3) is 0 Å². The first-order chi connectivity index (χ1) is 16.1. The Morgan fingerprint density at radius 3 is 2.21 bits per heavy atom. The molecule has 0 aromatic heterocycles. The fraction of sp³-hybridized carbons (Fsp3) is 0.286. The lowest BCUT2D eigenvalue weighted by molar-refractivity contribution is -0.154. The molecule has 0 bridgehead atoms. The van der Waals surface area contributed by atoms with Crippen LogP contribution in [-0.2, 0) is 16.0 Å². The number of carbonyl (C=O) groups is 2. The molecule has 170 valence electrons. The van der Waals surface area contributed by atoms with Gasteiger partial charge in [0.1, 0.15) is 18.0 Å². The third-order valence-corrected chi connectivity index (χ3v) is 6.18. The molecule has 0 aliphatic heterocycles. The Bertz CT molecular complexity index is 1050. The van der Waals surface area contributed by atoms with Crippen molar-refractivity contribution < 1.29 is 18.7 Å². The number of hydrogen-bond donors (Lipinski definition) is 1. The van der Waals surface area contributed by atoms with E-state index in [1.54, 1.807) is 36.4 Å². The molecule has 1 amide bonds. The highest BCUT2D eigenvalue weighted by atomic mass is 19.1. The number of halogens is 1. The highest BCUT2D eigenvalue weighted by Crippen LogP contribution is 2.35. The molecule has 1 saturated carbocycles. The van der Waals surface area contributed by atoms with Crippen molar-refractivity contribution in [3.8, 4) is 0 Å². The molecule has 3 atom stereocenters. The molecule has 1 unspecified atom stereocenters. The van der Waals surface area contributed by atoms with Crippen LogP contribution in [0.3, 0.4) is 0 Å². The van der Waals surface area contributed by atoms with Gasteiger partial charge in [-0.1, -0.05) is 67.1 Å². The maximum Gasteiger partial charge on any atom is 0.329 e. The lowest BCUT2D eigenvalue weighted by atomic mass is 9.81. The number of rotatable bonds is 7. The maximum absolute atomic E-state index is 13.4. The van der Waals surface area contributed by atoms with Gasteiger partial charge < -0.3 is 10.1 Å². The van der Waals surface area contributed by atoms with E-state index in [-0.39, 0.29) is 30.2 Å². The van der Waals surface area contributed by atoms with Crippen molar-refractivity contribution in [2.45, 2.75) is 50.2 Å². The van der Waals surface area contributed by atoms with E-state index in [1.807, 2.05) is 24.3 Å². The average Bonchev–Trinajstić information content (AvgIpc) is 2.86. The molecule has 4 rings (SSSR count). The maximum atomic E-state index is 13.4. The van der Waals surface area contributed by atoms with Crippen LogP contribution in [0.1, 0.15) is 53.1 Å². The number of esters is 1. The second-order valence-corrected chi connectivity index (χ2v) is 8.50. The van der Waals surface area contributed by atoms with Crippen molar-refractivity contribution in [2.24, 2.45) is 0 Å². The summed E-state index contributed by atoms with van der Waals surface area (Å²) in [6.45, 7) is 0. The molecule has 1 fully saturated rings. The zero-order chi connectivity index (χ0) is 23.0. The first kappa shape index (κ1) is 22.7. The summed E-state index contributed by atoms with van der Waals surface area (Å²) < 4.78 is 19.4. The lowest BCUT2D eigenvalue weighted by Crippen LogP contribution is -2.45. The second kappa shape index (κ2) is 10.9. The van der Waals surface area contributed by atoms with Gasteiger partial charge in [-0.2, -0.15) is 0 Å². The van der Waals surface area contributed by atoms with Crippen LogP contribution in [0.5, 0.6) is 0 Å². The third-order valence-electron chi connectivity index (χ3n) is 6.18. The largest absolute Gasteiger partial charge is 0.460 e. The standard InChI is InChI=1S/C28H28FNO3/c29-23-17-15-20(16-18-23)19-25(30-27(31)22-11-5-2-6-12-22)28(32)33-26-14-8-7-13-24(26)21-9-3-1-4-10-21/h1-6,9-12,15-18,24-26H,7-8,13-14,19H2,(H,30,31)/t24-,25?,26+/m1/s1. The first-order valence-electron chi connectivity index (χ1n) is 11.5. The Kier molecular flexibility index (Phi) is 7.51. The quantitative estimate of drug-likeness (QED) is 0.493. The molecule has 0 radical (unpaired) electrons. The minimum absolute atomic E-state index is 0.139. The first-order valence-corrected chi connectivity index (χ1v) is 11.5. The molecule has 3 aromatic carbocycles. The molecule has 3 aromatic rings. The van der Waals surface area contributed by atoms with Crippen molar-refractivity contribution in [1.29, 1.82) is 0 Å². The number of nitrogens with one attached hydrogen (secondary N) is 1. The molecule has 4 nitrogen and oxygen atoms in total. The Morgan fingerprint density at radius 2 is 1.52 bits per heavy atom. The summed E-state index contributed by atoms with van der Waals surface area (Å²) in [5.74, 6) is -1.02. The SMILES string of the molecule is O=C(NC(Cc1ccc(F)cc1)C(=O)O[C@H]1CCCC[C@@H]1c1ccccc1)c1ccccc1. The van der Waals surface area contributed by atoms with Gasteiger partial charge >= 0.3 is 5.97 Å². The molecule has 33 heavy (non-hydrogen) atoms. The third kappa shape index (κ3) is 6.07. The Hall–Kier alpha value is -3.47. The molecule has 0 saturated heterocycles. The van der Waals surface area contributed by atoms with Gasteiger partial charge in [-0.25, -0.2) is 9.18 Å². The van der Waals surface area contributed by atoms with E-state index < -0.39 is 12.0 Å². The predicted octanol–water partition coefficient (Wildman–Crippen LogP) is 5.44. The topological polar surface area (TPSA) is 55.4 Å². The minimum atomic E-state index is -0.874. The van der Waals surface area contributed by atoms with Gasteiger partial charge in [0.2, 0.25) is 0 Å². The summed E-state index contributed by atoms with van der Waals surface area (Å²) in [6, 6.07) is 24.0. The number of benzene rings is 3. The van der Waals surface area contributed by atoms with Crippen LogP contribution in [-0.4, -0.2) is 24.0 Å². The number of hydrogen-bond acceptors (Lipinski definition) is 3. The van der Waals surface area contributed by atoms with Gasteiger partial charge in [0.25, 0.3) is 5.91 Å². The fourth-order valence-corrected chi connectivity index (χ4v) is 4.43. The highest BCUT2D eigenvalue weighted by Gasteiger charge is 2.32. The zero-order valence-corrected chi connectivity index (χ0v) is 18.5. The second-order valence-electron chi connectivity index (χ2n) is 8.50. The van der Waals surface area contributed by atoms with E-state index in [0.717, 1.165) is 31.2 Å². The van der Waals surface area contributed by atoms with Crippen LogP contribution >= 0.6 is 0 Å². The normalized spacial score (nSPS) is 18.8. The van der Waals surface area contributed by atoms with E-state index in [0.29, 0.717) is 5.56 Å². The Labute approximate surface area is 193 Å². The van der Waals surface area contributed by atoms with E-state index >= 15 is 0 Å². The number of carbonyl (C=O) groups excluding carboxylic acids is 2. The van der Waals surface area contributed by atoms with Crippen LogP contribution in [0.15, 0.2) is 84.9 Å². The summed E-state index contributed by atoms with van der Waals surface area (Å²) in [7, 11) is 0. The molecule has 1 aliphatic rings. The number of amides is 1. The van der Waals surface area contributed by atoms with Crippen molar-refractivity contribution in [3.05, 3.63) is 107 Å². The molecule has 1 N–H and O–H groups in total. The van der Waals surface area contributed by atoms with Gasteiger partial charge in [-0.3, -0.25) is 4.79 Å². The summed E-state index contributed by atoms with van der Waals surface area (Å²) in [5, 5.41) is 2.83. The van der Waals surface area contributed by atoms with Crippen LogP contribution in [0.4, 0.5) is 4.39 Å². The smallest absolute Gasteiger partial charge is 0.329 e. The average molecular weight is 446 g/mol. The van der Waals surface area contributed by atoms with Crippen molar-refractivity contribution in [3.63, 3.8) is 0 Å². The molecular formula is C28H28FNO3. The van der Waals surface area contributed by atoms with E-state index in [2.05, 4.69) is 17.4 Å². The van der Waals surface area contributed by atoms with Crippen LogP contribution in [0.2, 0.25) is 0 Å². The van der Waals surface area contributed by atoms with E-state index in [9.17, 15) is 14.0 Å². The lowest BCUT2D eigenvalue weighted by Gasteiger charge is -2.32. The Morgan fingerprint density at radius 1 is 0.879 bits per heavy atom. The summed E-state index contributed by atoms with van der Waals surface area (Å²) in [4.78, 5) is 26.1. The van der Waals surface area contributed by atoms with Crippen molar-refractivity contribution in [1.82, 2.24) is 5.32 Å². The summed E-state index contributed by atoms with van der Waals surface area (Å²) in [6.07, 6.45) is 3.83. The zero-order valence-electron chi connectivity index (χ0n) is 18.5. The molecule has 0 spiro atoms. The van der Waals surface area contributed by atoms with Gasteiger partial charge in [0.05, 0.1) is 0 Å².